The van der Waals surface area contributed by atoms with Crippen LogP contribution in [0.2, 0.25) is 0 Å². The summed E-state index contributed by atoms with van der Waals surface area (Å²) in [6.07, 6.45) is 3.38. The molecule has 0 amide bonds. The average Bonchev–Trinajstić information content (AvgIpc) is 2.05. The van der Waals surface area contributed by atoms with Crippen LogP contribution in [0.4, 0.5) is 0 Å². The molecule has 0 spiro atoms. The summed E-state index contributed by atoms with van der Waals surface area (Å²) in [4.78, 5) is 0. The Balaban J connectivity index is 2.25. The first-order valence-electron chi connectivity index (χ1n) is 3.86. The number of rotatable bonds is 2. The topological polar surface area (TPSA) is 24.1 Å². The van der Waals surface area contributed by atoms with Crippen LogP contribution in [-0.2, 0) is 0 Å². The summed E-state index contributed by atoms with van der Waals surface area (Å²) >= 11 is 1.89. The van der Waals surface area contributed by atoms with Gasteiger partial charge in [0.1, 0.15) is 0 Å². The van der Waals surface area contributed by atoms with Crippen LogP contribution >= 0.6 is 11.8 Å². The van der Waals surface area contributed by atoms with Crippen LogP contribution in [0, 0.1) is 0 Å². The van der Waals surface area contributed by atoms with E-state index in [4.69, 9.17) is 0 Å². The number of piperazine rings is 1. The lowest BCUT2D eigenvalue weighted by atomic mass is 10.2. The van der Waals surface area contributed by atoms with E-state index in [1.54, 1.807) is 0 Å². The molecule has 0 aromatic carbocycles. The monoisotopic (exact) mass is 160 g/mol. The van der Waals surface area contributed by atoms with Gasteiger partial charge in [-0.3, -0.25) is 0 Å². The Labute approximate surface area is 67.1 Å². The molecular formula is C7H16N2S. The number of nitrogens with one attached hydrogen (secondary N) is 2. The van der Waals surface area contributed by atoms with Crippen LogP contribution in [0.1, 0.15) is 13.3 Å². The maximum Gasteiger partial charge on any atom is 0.0658 e. The largest absolute Gasteiger partial charge is 0.313 e. The minimum Gasteiger partial charge on any atom is -0.313 e. The average molecular weight is 160 g/mol. The van der Waals surface area contributed by atoms with Gasteiger partial charge in [0.05, 0.1) is 5.37 Å². The molecule has 1 saturated heterocycles. The van der Waals surface area contributed by atoms with Gasteiger partial charge in [-0.15, -0.1) is 11.8 Å². The van der Waals surface area contributed by atoms with Crippen molar-refractivity contribution >= 4 is 11.8 Å². The zero-order valence-corrected chi connectivity index (χ0v) is 7.50. The number of thioether (sulfide) groups is 1. The highest BCUT2D eigenvalue weighted by Gasteiger charge is 2.17. The highest BCUT2D eigenvalue weighted by atomic mass is 32.2. The molecular weight excluding hydrogens is 144 g/mol. The molecule has 1 rings (SSSR count). The van der Waals surface area contributed by atoms with E-state index in [1.165, 1.54) is 6.42 Å². The zero-order valence-electron chi connectivity index (χ0n) is 6.68. The van der Waals surface area contributed by atoms with Gasteiger partial charge in [0.15, 0.2) is 0 Å². The third-order valence-corrected chi connectivity index (χ3v) is 2.79. The normalized spacial score (nSPS) is 34.2. The Morgan fingerprint density at radius 3 is 2.90 bits per heavy atom. The van der Waals surface area contributed by atoms with Gasteiger partial charge in [0.2, 0.25) is 0 Å². The fraction of sp³-hybridized carbons (Fsp3) is 1.00. The highest BCUT2D eigenvalue weighted by Crippen LogP contribution is 2.07. The Morgan fingerprint density at radius 1 is 1.50 bits per heavy atom. The molecule has 0 aromatic heterocycles. The summed E-state index contributed by atoms with van der Waals surface area (Å²) in [5.41, 5.74) is 0. The Bertz CT molecular complexity index is 87.6. The van der Waals surface area contributed by atoms with E-state index >= 15 is 0 Å². The molecule has 0 aromatic rings. The van der Waals surface area contributed by atoms with Crippen molar-refractivity contribution in [3.8, 4) is 0 Å². The van der Waals surface area contributed by atoms with Crippen LogP contribution in [0.5, 0.6) is 0 Å². The summed E-state index contributed by atoms with van der Waals surface area (Å²) in [6.45, 7) is 4.47. The Kier molecular flexibility index (Phi) is 3.52. The number of hydrogen-bond acceptors (Lipinski definition) is 3. The highest BCUT2D eigenvalue weighted by molar-refractivity contribution is 7.99. The van der Waals surface area contributed by atoms with E-state index in [9.17, 15) is 0 Å². The molecule has 1 fully saturated rings. The van der Waals surface area contributed by atoms with Crippen LogP contribution < -0.4 is 10.6 Å². The van der Waals surface area contributed by atoms with Gasteiger partial charge in [-0.1, -0.05) is 6.92 Å². The predicted molar refractivity (Wildman–Crippen MR) is 47.4 cm³/mol. The summed E-state index contributed by atoms with van der Waals surface area (Å²) in [6, 6.07) is 0.686. The molecule has 0 bridgehead atoms. The van der Waals surface area contributed by atoms with E-state index in [0.717, 1.165) is 13.1 Å². The molecule has 1 heterocycles. The lowest BCUT2D eigenvalue weighted by molar-refractivity contribution is 0.391. The van der Waals surface area contributed by atoms with E-state index in [1.807, 2.05) is 11.8 Å². The van der Waals surface area contributed by atoms with Crippen molar-refractivity contribution < 1.29 is 0 Å². The molecule has 1 aliphatic rings. The van der Waals surface area contributed by atoms with Crippen molar-refractivity contribution in [2.75, 3.05) is 19.3 Å². The minimum absolute atomic E-state index is 0.624. The molecule has 2 nitrogen and oxygen atoms in total. The van der Waals surface area contributed by atoms with Crippen LogP contribution in [0.3, 0.4) is 0 Å². The lowest BCUT2D eigenvalue weighted by Gasteiger charge is -2.29. The minimum atomic E-state index is 0.624. The van der Waals surface area contributed by atoms with Crippen molar-refractivity contribution in [1.29, 1.82) is 0 Å². The third-order valence-electron chi connectivity index (χ3n) is 1.92. The first-order chi connectivity index (χ1) is 4.86. The molecule has 2 N–H and O–H groups in total. The molecule has 60 valence electrons. The second kappa shape index (κ2) is 4.21. The third kappa shape index (κ3) is 2.15. The van der Waals surface area contributed by atoms with E-state index < -0.39 is 0 Å². The molecule has 2 unspecified atom stereocenters. The first-order valence-corrected chi connectivity index (χ1v) is 5.15. The van der Waals surface area contributed by atoms with Gasteiger partial charge in [-0.2, -0.15) is 0 Å². The van der Waals surface area contributed by atoms with Gasteiger partial charge >= 0.3 is 0 Å². The summed E-state index contributed by atoms with van der Waals surface area (Å²) < 4.78 is 0. The smallest absolute Gasteiger partial charge is 0.0658 e. The lowest BCUT2D eigenvalue weighted by Crippen LogP contribution is -2.52. The van der Waals surface area contributed by atoms with Crippen molar-refractivity contribution in [2.45, 2.75) is 24.8 Å². The predicted octanol–water partition coefficient (Wildman–Crippen LogP) is 0.647. The Morgan fingerprint density at radius 2 is 2.30 bits per heavy atom. The van der Waals surface area contributed by atoms with Crippen LogP contribution in [-0.4, -0.2) is 30.8 Å². The van der Waals surface area contributed by atoms with Crippen molar-refractivity contribution in [2.24, 2.45) is 0 Å². The van der Waals surface area contributed by atoms with Gasteiger partial charge in [-0.05, 0) is 12.7 Å². The van der Waals surface area contributed by atoms with Crippen molar-refractivity contribution in [1.82, 2.24) is 10.6 Å². The maximum absolute atomic E-state index is 3.55. The van der Waals surface area contributed by atoms with E-state index in [0.29, 0.717) is 11.4 Å². The Hall–Kier alpha value is 0.270. The fourth-order valence-electron chi connectivity index (χ4n) is 1.18. The van der Waals surface area contributed by atoms with Gasteiger partial charge < -0.3 is 10.6 Å². The SMILES string of the molecule is CCC1CNCC(SC)N1. The maximum atomic E-state index is 3.55. The van der Waals surface area contributed by atoms with Gasteiger partial charge in [0.25, 0.3) is 0 Å². The molecule has 3 heteroatoms. The molecule has 0 saturated carbocycles. The van der Waals surface area contributed by atoms with Crippen LogP contribution in [0.15, 0.2) is 0 Å². The van der Waals surface area contributed by atoms with E-state index in [2.05, 4.69) is 23.8 Å². The first kappa shape index (κ1) is 8.37. The van der Waals surface area contributed by atoms with Crippen molar-refractivity contribution in [3.63, 3.8) is 0 Å². The summed E-state index contributed by atoms with van der Waals surface area (Å²) in [5.74, 6) is 0. The van der Waals surface area contributed by atoms with Gasteiger partial charge in [0, 0.05) is 19.1 Å². The van der Waals surface area contributed by atoms with Crippen molar-refractivity contribution in [3.05, 3.63) is 0 Å². The standard InChI is InChI=1S/C7H16N2S/c1-3-6-4-8-5-7(9-6)10-2/h6-9H,3-5H2,1-2H3. The molecule has 0 radical (unpaired) electrons. The molecule has 1 aliphatic heterocycles. The zero-order chi connectivity index (χ0) is 7.40. The second-order valence-electron chi connectivity index (χ2n) is 2.65. The second-order valence-corrected chi connectivity index (χ2v) is 3.69. The van der Waals surface area contributed by atoms with Crippen LogP contribution in [0.25, 0.3) is 0 Å². The van der Waals surface area contributed by atoms with E-state index in [-0.39, 0.29) is 0 Å². The number of hydrogen-bond donors (Lipinski definition) is 2. The van der Waals surface area contributed by atoms with Gasteiger partial charge in [-0.25, -0.2) is 0 Å². The quantitative estimate of drug-likeness (QED) is 0.620. The molecule has 10 heavy (non-hydrogen) atoms. The fourth-order valence-corrected chi connectivity index (χ4v) is 1.80. The molecule has 2 atom stereocenters. The molecule has 0 aliphatic carbocycles. The summed E-state index contributed by atoms with van der Waals surface area (Å²) in [5, 5.41) is 7.58. The summed E-state index contributed by atoms with van der Waals surface area (Å²) in [7, 11) is 0.